The van der Waals surface area contributed by atoms with E-state index in [2.05, 4.69) is 15.3 Å². The normalized spacial score (nSPS) is 32.0. The highest BCUT2D eigenvalue weighted by Crippen LogP contribution is 2.50. The fourth-order valence-electron chi connectivity index (χ4n) is 6.03. The molecular formula is C30H37ClF2N4O5. The van der Waals surface area contributed by atoms with Crippen molar-refractivity contribution in [3.05, 3.63) is 28.9 Å². The predicted octanol–water partition coefficient (Wildman–Crippen LogP) is 5.66. The number of hydrogen-bond donors (Lipinski definition) is 1. The Balaban J connectivity index is 1.56. The van der Waals surface area contributed by atoms with Gasteiger partial charge in [-0.25, -0.2) is 14.8 Å². The van der Waals surface area contributed by atoms with Gasteiger partial charge in [-0.15, -0.1) is 0 Å². The van der Waals surface area contributed by atoms with Crippen molar-refractivity contribution < 1.29 is 32.6 Å². The standard InChI is InChI=1S/C30H37ClF2N4O5/c1-16-21(15-38)37-14-22(16)41-25-23(34-19-10-9-18(31)12-20(19)35-25)30(32,33)11-7-6-8-17-13-29(17,5)42-27(40)36-24(26(37)39)28(2,3)4/h9-10,12,15-17,21-22,24H,6-8,11,13-14H2,1-5H3,(H,36,40)/t16-,17+,21+,22-,24+,29+/m0/s1. The maximum absolute atomic E-state index is 15.8. The van der Waals surface area contributed by atoms with Gasteiger partial charge in [0.15, 0.2) is 5.69 Å². The lowest BCUT2D eigenvalue weighted by Gasteiger charge is -2.35. The molecule has 2 fully saturated rings. The van der Waals surface area contributed by atoms with Crippen molar-refractivity contribution in [3.63, 3.8) is 0 Å². The number of hydrogen-bond acceptors (Lipinski definition) is 7. The van der Waals surface area contributed by atoms with Gasteiger partial charge >= 0.3 is 6.09 Å². The van der Waals surface area contributed by atoms with E-state index in [0.29, 0.717) is 30.6 Å². The summed E-state index contributed by atoms with van der Waals surface area (Å²) in [7, 11) is 0. The lowest BCUT2D eigenvalue weighted by Crippen LogP contribution is -2.56. The number of halogens is 3. The Kier molecular flexibility index (Phi) is 7.87. The van der Waals surface area contributed by atoms with Crippen LogP contribution < -0.4 is 10.1 Å². The van der Waals surface area contributed by atoms with E-state index in [4.69, 9.17) is 21.1 Å². The molecule has 2 aromatic rings. The van der Waals surface area contributed by atoms with Crippen LogP contribution in [0.15, 0.2) is 18.2 Å². The number of ether oxygens (including phenoxy) is 2. The minimum Gasteiger partial charge on any atom is -0.471 e. The number of rotatable bonds is 1. The van der Waals surface area contributed by atoms with Crippen LogP contribution in [0, 0.1) is 17.3 Å². The van der Waals surface area contributed by atoms with Crippen LogP contribution in [0.3, 0.4) is 0 Å². The van der Waals surface area contributed by atoms with E-state index in [1.807, 2.05) is 6.92 Å². The Hall–Kier alpha value is -3.08. The minimum absolute atomic E-state index is 0.0308. The van der Waals surface area contributed by atoms with E-state index in [9.17, 15) is 14.4 Å². The minimum atomic E-state index is -3.36. The summed E-state index contributed by atoms with van der Waals surface area (Å²) in [6.07, 6.45) is 0.543. The average molecular weight is 607 g/mol. The third-order valence-electron chi connectivity index (χ3n) is 8.84. The molecule has 6 atom stereocenters. The van der Waals surface area contributed by atoms with Crippen molar-refractivity contribution in [2.45, 2.75) is 96.4 Å². The number of benzene rings is 1. The van der Waals surface area contributed by atoms with Crippen LogP contribution in [0.25, 0.3) is 11.0 Å². The Morgan fingerprint density at radius 1 is 1.17 bits per heavy atom. The molecule has 12 heteroatoms. The van der Waals surface area contributed by atoms with Gasteiger partial charge in [-0.3, -0.25) is 4.79 Å². The van der Waals surface area contributed by atoms with Crippen molar-refractivity contribution in [3.8, 4) is 5.88 Å². The quantitative estimate of drug-likeness (QED) is 0.417. The van der Waals surface area contributed by atoms with E-state index < -0.39 is 65.2 Å². The van der Waals surface area contributed by atoms with Crippen molar-refractivity contribution in [2.24, 2.45) is 17.3 Å². The van der Waals surface area contributed by atoms with Gasteiger partial charge in [0.25, 0.3) is 5.92 Å². The lowest BCUT2D eigenvalue weighted by molar-refractivity contribution is -0.139. The molecule has 2 bridgehead atoms. The van der Waals surface area contributed by atoms with Crippen LogP contribution >= 0.6 is 11.6 Å². The number of carbonyl (C=O) groups is 3. The second-order valence-corrected chi connectivity index (χ2v) is 13.6. The number of amides is 2. The molecule has 0 radical (unpaired) electrons. The molecule has 2 aliphatic heterocycles. The van der Waals surface area contributed by atoms with Crippen LogP contribution in [-0.2, 0) is 20.2 Å². The van der Waals surface area contributed by atoms with Crippen molar-refractivity contribution in [1.82, 2.24) is 20.2 Å². The van der Waals surface area contributed by atoms with Gasteiger partial charge in [0.05, 0.1) is 23.6 Å². The fraction of sp³-hybridized carbons (Fsp3) is 0.633. The number of alkyl carbamates (subject to hydrolysis) is 1. The molecule has 1 saturated carbocycles. The summed E-state index contributed by atoms with van der Waals surface area (Å²) < 4.78 is 43.4. The molecule has 0 unspecified atom stereocenters. The summed E-state index contributed by atoms with van der Waals surface area (Å²) in [5.41, 5.74) is -1.51. The summed E-state index contributed by atoms with van der Waals surface area (Å²) in [6.45, 7) is 8.86. The summed E-state index contributed by atoms with van der Waals surface area (Å²) >= 11 is 6.14. The fourth-order valence-corrected chi connectivity index (χ4v) is 6.20. The van der Waals surface area contributed by atoms with E-state index in [1.165, 1.54) is 17.0 Å². The van der Waals surface area contributed by atoms with E-state index in [0.717, 1.165) is 0 Å². The highest BCUT2D eigenvalue weighted by atomic mass is 35.5. The molecule has 3 aliphatic rings. The Bertz CT molecular complexity index is 1400. The summed E-state index contributed by atoms with van der Waals surface area (Å²) in [5.74, 6) is -4.73. The maximum Gasteiger partial charge on any atom is 0.408 e. The van der Waals surface area contributed by atoms with Crippen molar-refractivity contribution >= 4 is 40.9 Å². The number of nitrogens with one attached hydrogen (secondary N) is 1. The molecule has 1 N–H and O–H groups in total. The van der Waals surface area contributed by atoms with Crippen LogP contribution in [-0.4, -0.2) is 63.5 Å². The first-order valence-electron chi connectivity index (χ1n) is 14.4. The van der Waals surface area contributed by atoms with Crippen molar-refractivity contribution in [2.75, 3.05) is 6.54 Å². The summed E-state index contributed by atoms with van der Waals surface area (Å²) in [6, 6.07) is 2.68. The zero-order chi connectivity index (χ0) is 30.6. The SMILES string of the molecule is C[C@@H]1[C@@H]2CN(C(=O)[C@H](C(C)(C)C)NC(=O)O[C@]3(C)C[C@H]3CCCCC(F)(F)c3nc4ccc(Cl)cc4nc3O2)[C@@H]1C=O. The first kappa shape index (κ1) is 30.4. The third kappa shape index (κ3) is 5.89. The number of aldehydes is 1. The van der Waals surface area contributed by atoms with Gasteiger partial charge in [0.2, 0.25) is 11.8 Å². The van der Waals surface area contributed by atoms with Crippen LogP contribution in [0.2, 0.25) is 5.02 Å². The first-order valence-corrected chi connectivity index (χ1v) is 14.8. The van der Waals surface area contributed by atoms with E-state index in [-0.39, 0.29) is 35.8 Å². The lowest BCUT2D eigenvalue weighted by atomic mass is 9.85. The molecule has 1 aliphatic carbocycles. The van der Waals surface area contributed by atoms with Crippen LogP contribution in [0.5, 0.6) is 5.88 Å². The number of aromatic nitrogens is 2. The highest BCUT2D eigenvalue weighted by molar-refractivity contribution is 6.31. The molecule has 2 amide bonds. The molecule has 228 valence electrons. The van der Waals surface area contributed by atoms with E-state index >= 15 is 8.78 Å². The summed E-state index contributed by atoms with van der Waals surface area (Å²) in [4.78, 5) is 49.2. The van der Waals surface area contributed by atoms with E-state index in [1.54, 1.807) is 33.8 Å². The van der Waals surface area contributed by atoms with Gasteiger partial charge in [-0.1, -0.05) is 45.7 Å². The predicted molar refractivity (Wildman–Crippen MR) is 151 cm³/mol. The number of fused-ring (bicyclic) bond motifs is 5. The smallest absolute Gasteiger partial charge is 0.408 e. The second-order valence-electron chi connectivity index (χ2n) is 13.1. The molecule has 1 aromatic heterocycles. The van der Waals surface area contributed by atoms with Crippen LogP contribution in [0.4, 0.5) is 13.6 Å². The second kappa shape index (κ2) is 10.9. The monoisotopic (exact) mass is 606 g/mol. The molecular weight excluding hydrogens is 570 g/mol. The Labute approximate surface area is 248 Å². The van der Waals surface area contributed by atoms with Gasteiger partial charge in [-0.05, 0) is 49.8 Å². The molecule has 5 rings (SSSR count). The zero-order valence-electron chi connectivity index (χ0n) is 24.5. The molecule has 42 heavy (non-hydrogen) atoms. The van der Waals surface area contributed by atoms with Crippen molar-refractivity contribution in [1.29, 1.82) is 0 Å². The molecule has 3 heterocycles. The Morgan fingerprint density at radius 3 is 2.60 bits per heavy atom. The summed E-state index contributed by atoms with van der Waals surface area (Å²) in [5, 5.41) is 3.11. The number of carbonyl (C=O) groups excluding carboxylic acids is 3. The third-order valence-corrected chi connectivity index (χ3v) is 9.07. The molecule has 0 spiro atoms. The molecule has 1 saturated heterocycles. The van der Waals surface area contributed by atoms with Crippen LogP contribution in [0.1, 0.15) is 72.4 Å². The topological polar surface area (TPSA) is 111 Å². The maximum atomic E-state index is 15.8. The number of nitrogens with zero attached hydrogens (tertiary/aromatic N) is 3. The molecule has 9 nitrogen and oxygen atoms in total. The average Bonchev–Trinajstić information content (AvgIpc) is 3.42. The molecule has 1 aromatic carbocycles. The largest absolute Gasteiger partial charge is 0.471 e. The zero-order valence-corrected chi connectivity index (χ0v) is 25.2. The highest BCUT2D eigenvalue weighted by Gasteiger charge is 2.54. The number of alkyl halides is 2. The first-order chi connectivity index (χ1) is 19.6. The van der Waals surface area contributed by atoms with Gasteiger partial charge in [-0.2, -0.15) is 8.78 Å². The van der Waals surface area contributed by atoms with Gasteiger partial charge in [0, 0.05) is 23.3 Å². The van der Waals surface area contributed by atoms with Gasteiger partial charge < -0.3 is 24.5 Å². The van der Waals surface area contributed by atoms with Gasteiger partial charge in [0.1, 0.15) is 24.0 Å². The Morgan fingerprint density at radius 2 is 1.90 bits per heavy atom.